The van der Waals surface area contributed by atoms with Gasteiger partial charge in [0.25, 0.3) is 0 Å². The lowest BCUT2D eigenvalue weighted by Crippen LogP contribution is -2.10. The van der Waals surface area contributed by atoms with Gasteiger partial charge in [0.05, 0.1) is 0 Å². The van der Waals surface area contributed by atoms with Gasteiger partial charge in [-0.15, -0.1) is 0 Å². The first-order valence-corrected chi connectivity index (χ1v) is 7.85. The van der Waals surface area contributed by atoms with E-state index < -0.39 is 6.29 Å². The molecule has 0 aliphatic heterocycles. The zero-order valence-electron chi connectivity index (χ0n) is 14.6. The highest BCUT2D eigenvalue weighted by atomic mass is 16.7. The first-order chi connectivity index (χ1) is 11.6. The summed E-state index contributed by atoms with van der Waals surface area (Å²) < 4.78 is 10.8. The maximum Gasteiger partial charge on any atom is 0.183 e. The average molecular weight is 328 g/mol. The Morgan fingerprint density at radius 3 is 2.00 bits per heavy atom. The van der Waals surface area contributed by atoms with Gasteiger partial charge in [-0.3, -0.25) is 0 Å². The van der Waals surface area contributed by atoms with E-state index in [1.54, 1.807) is 7.11 Å². The number of rotatable bonds is 7. The molecule has 24 heavy (non-hydrogen) atoms. The van der Waals surface area contributed by atoms with Crippen LogP contribution in [0, 0.1) is 0 Å². The zero-order chi connectivity index (χ0) is 17.5. The molecule has 2 aromatic carbocycles. The monoisotopic (exact) mass is 328 g/mol. The van der Waals surface area contributed by atoms with Crippen molar-refractivity contribution in [2.75, 3.05) is 32.7 Å². The Labute approximate surface area is 143 Å². The summed E-state index contributed by atoms with van der Waals surface area (Å²) in [6.45, 7) is 2.50. The lowest BCUT2D eigenvalue weighted by atomic mass is 10.0. The second-order valence-corrected chi connectivity index (χ2v) is 5.53. The molecule has 0 aliphatic rings. The Balaban J connectivity index is 2.25. The van der Waals surface area contributed by atoms with E-state index in [1.807, 2.05) is 74.4 Å². The normalized spacial score (nSPS) is 12.9. The number of anilines is 1. The van der Waals surface area contributed by atoms with E-state index >= 15 is 0 Å². The molecule has 0 heterocycles. The van der Waals surface area contributed by atoms with Crippen molar-refractivity contribution < 1.29 is 14.7 Å². The summed E-state index contributed by atoms with van der Waals surface area (Å²) in [4.78, 5) is 2.02. The minimum atomic E-state index is -0.391. The number of methoxy groups -OCH3 is 1. The van der Waals surface area contributed by atoms with Crippen molar-refractivity contribution in [1.82, 2.24) is 0 Å². The molecule has 0 spiro atoms. The van der Waals surface area contributed by atoms with Crippen molar-refractivity contribution in [2.24, 2.45) is 5.16 Å². The van der Waals surface area contributed by atoms with Crippen LogP contribution < -0.4 is 4.90 Å². The number of hydrogen-bond donors (Lipinski definition) is 1. The molecule has 128 valence electrons. The van der Waals surface area contributed by atoms with Crippen LogP contribution in [0.15, 0.2) is 53.7 Å². The fourth-order valence-electron chi connectivity index (χ4n) is 2.45. The van der Waals surface area contributed by atoms with Gasteiger partial charge in [-0.1, -0.05) is 41.6 Å². The minimum absolute atomic E-state index is 0.391. The maximum absolute atomic E-state index is 9.45. The summed E-state index contributed by atoms with van der Waals surface area (Å²) in [5.74, 6) is 0. The number of benzene rings is 2. The van der Waals surface area contributed by atoms with E-state index in [-0.39, 0.29) is 0 Å². The Hall–Kier alpha value is -2.37. The fraction of sp³-hybridized carbons (Fsp3) is 0.316. The van der Waals surface area contributed by atoms with Crippen molar-refractivity contribution in [1.29, 1.82) is 0 Å². The highest BCUT2D eigenvalue weighted by molar-refractivity contribution is 6.12. The highest BCUT2D eigenvalue weighted by Gasteiger charge is 2.12. The molecule has 1 atom stereocenters. The Bertz CT molecular complexity index is 664. The lowest BCUT2D eigenvalue weighted by molar-refractivity contribution is -0.124. The molecule has 1 N–H and O–H groups in total. The van der Waals surface area contributed by atoms with Crippen LogP contribution in [-0.4, -0.2) is 38.7 Å². The molecule has 2 rings (SSSR count). The smallest absolute Gasteiger partial charge is 0.183 e. The van der Waals surface area contributed by atoms with Gasteiger partial charge in [-0.25, -0.2) is 0 Å². The number of oxime groups is 1. The van der Waals surface area contributed by atoms with Crippen molar-refractivity contribution in [3.8, 4) is 0 Å². The Morgan fingerprint density at radius 1 is 1.04 bits per heavy atom. The number of nitrogens with zero attached hydrogens (tertiary/aromatic N) is 2. The van der Waals surface area contributed by atoms with Crippen molar-refractivity contribution in [3.63, 3.8) is 0 Å². The molecule has 0 bridgehead atoms. The topological polar surface area (TPSA) is 54.3 Å². The van der Waals surface area contributed by atoms with Gasteiger partial charge >= 0.3 is 0 Å². The minimum Gasteiger partial charge on any atom is -0.410 e. The third kappa shape index (κ3) is 4.13. The van der Waals surface area contributed by atoms with Crippen LogP contribution in [0.25, 0.3) is 0 Å². The third-order valence-electron chi connectivity index (χ3n) is 3.75. The van der Waals surface area contributed by atoms with E-state index in [0.29, 0.717) is 12.3 Å². The molecule has 0 aliphatic carbocycles. The summed E-state index contributed by atoms with van der Waals surface area (Å²) in [6, 6.07) is 15.5. The first-order valence-electron chi connectivity index (χ1n) is 7.85. The predicted molar refractivity (Wildman–Crippen MR) is 96.0 cm³/mol. The molecular formula is C19H24N2O3. The average Bonchev–Trinajstić information content (AvgIpc) is 2.61. The van der Waals surface area contributed by atoms with Gasteiger partial charge in [0.15, 0.2) is 6.29 Å². The van der Waals surface area contributed by atoms with Crippen LogP contribution >= 0.6 is 0 Å². The van der Waals surface area contributed by atoms with Crippen LogP contribution in [0.4, 0.5) is 5.69 Å². The summed E-state index contributed by atoms with van der Waals surface area (Å²) in [7, 11) is 5.58. The summed E-state index contributed by atoms with van der Waals surface area (Å²) in [5, 5.41) is 12.9. The van der Waals surface area contributed by atoms with Gasteiger partial charge in [-0.2, -0.15) is 0 Å². The molecule has 0 amide bonds. The highest BCUT2D eigenvalue weighted by Crippen LogP contribution is 2.21. The molecule has 0 aromatic heterocycles. The summed E-state index contributed by atoms with van der Waals surface area (Å²) in [6.07, 6.45) is -0.391. The van der Waals surface area contributed by atoms with E-state index in [0.717, 1.165) is 22.4 Å². The van der Waals surface area contributed by atoms with Crippen LogP contribution in [0.5, 0.6) is 0 Å². The second kappa shape index (κ2) is 8.47. The fourth-order valence-corrected chi connectivity index (χ4v) is 2.45. The van der Waals surface area contributed by atoms with E-state index in [9.17, 15) is 5.21 Å². The maximum atomic E-state index is 9.45. The van der Waals surface area contributed by atoms with Gasteiger partial charge in [0, 0.05) is 50.2 Å². The summed E-state index contributed by atoms with van der Waals surface area (Å²) >= 11 is 0. The van der Waals surface area contributed by atoms with Gasteiger partial charge in [-0.05, 0) is 19.1 Å². The van der Waals surface area contributed by atoms with Gasteiger partial charge in [0.1, 0.15) is 5.71 Å². The SMILES string of the molecule is CCOC(OC)c1ccc(/C(=N/O)c2ccc(N(C)C)cc2)cc1. The van der Waals surface area contributed by atoms with E-state index in [1.165, 1.54) is 0 Å². The van der Waals surface area contributed by atoms with Crippen LogP contribution in [0.2, 0.25) is 0 Å². The third-order valence-corrected chi connectivity index (χ3v) is 3.75. The number of hydrogen-bond acceptors (Lipinski definition) is 5. The number of ether oxygens (including phenoxy) is 2. The summed E-state index contributed by atoms with van der Waals surface area (Å²) in [5.41, 5.74) is 4.21. The lowest BCUT2D eigenvalue weighted by Gasteiger charge is -2.16. The second-order valence-electron chi connectivity index (χ2n) is 5.53. The quantitative estimate of drug-likeness (QED) is 0.365. The molecule has 2 aromatic rings. The predicted octanol–water partition coefficient (Wildman–Crippen LogP) is 3.66. The Kier molecular flexibility index (Phi) is 6.35. The molecular weight excluding hydrogens is 304 g/mol. The molecule has 0 saturated carbocycles. The molecule has 1 unspecified atom stereocenters. The Morgan fingerprint density at radius 2 is 1.58 bits per heavy atom. The van der Waals surface area contributed by atoms with E-state index in [4.69, 9.17) is 9.47 Å². The molecule has 5 nitrogen and oxygen atoms in total. The first kappa shape index (κ1) is 18.0. The molecule has 0 radical (unpaired) electrons. The molecule has 0 fully saturated rings. The van der Waals surface area contributed by atoms with Crippen LogP contribution in [0.3, 0.4) is 0 Å². The van der Waals surface area contributed by atoms with E-state index in [2.05, 4.69) is 5.16 Å². The zero-order valence-corrected chi connectivity index (χ0v) is 14.6. The van der Waals surface area contributed by atoms with Crippen molar-refractivity contribution in [2.45, 2.75) is 13.2 Å². The van der Waals surface area contributed by atoms with Crippen LogP contribution in [0.1, 0.15) is 29.9 Å². The van der Waals surface area contributed by atoms with Gasteiger partial charge < -0.3 is 19.6 Å². The molecule has 5 heteroatoms. The standard InChI is InChI=1S/C19H24N2O3/c1-5-24-19(23-4)16-8-6-14(7-9-16)18(20-22)15-10-12-17(13-11-15)21(2)3/h6-13,19,22H,5H2,1-4H3/b20-18-. The molecule has 0 saturated heterocycles. The van der Waals surface area contributed by atoms with Gasteiger partial charge in [0.2, 0.25) is 0 Å². The van der Waals surface area contributed by atoms with Crippen LogP contribution in [-0.2, 0) is 9.47 Å². The van der Waals surface area contributed by atoms with Crippen molar-refractivity contribution in [3.05, 3.63) is 65.2 Å². The van der Waals surface area contributed by atoms with Crippen molar-refractivity contribution >= 4 is 11.4 Å². The largest absolute Gasteiger partial charge is 0.410 e.